The number of fused-ring (bicyclic) bond motifs is 1. The molecule has 0 fully saturated rings. The summed E-state index contributed by atoms with van der Waals surface area (Å²) >= 11 is 5.98. The number of carbonyl (C=O) groups excluding carboxylic acids is 2. The molecule has 3 aromatic carbocycles. The third kappa shape index (κ3) is 4.08. The molecule has 1 amide bonds. The topological polar surface area (TPSA) is 57.6 Å². The summed E-state index contributed by atoms with van der Waals surface area (Å²) in [6.45, 7) is 6.60. The van der Waals surface area contributed by atoms with Crippen molar-refractivity contribution in [3.8, 4) is 0 Å². The summed E-state index contributed by atoms with van der Waals surface area (Å²) in [4.78, 5) is 28.0. The fourth-order valence-electron chi connectivity index (χ4n) is 4.10. The summed E-state index contributed by atoms with van der Waals surface area (Å²) in [6.07, 6.45) is -0.311. The van der Waals surface area contributed by atoms with E-state index in [-0.39, 0.29) is 24.2 Å². The Morgan fingerprint density at radius 2 is 1.59 bits per heavy atom. The largest absolute Gasteiger partial charge is 0.375 e. The van der Waals surface area contributed by atoms with E-state index in [1.807, 2.05) is 30.3 Å². The number of Topliss-reactive ketones (excluding diaryl/α,β-unsaturated/α-hetero) is 1. The number of hydrogen-bond acceptors (Lipinski definition) is 3. The highest BCUT2D eigenvalue weighted by molar-refractivity contribution is 6.30. The van der Waals surface area contributed by atoms with Crippen molar-refractivity contribution in [2.24, 2.45) is 0 Å². The maximum Gasteiger partial charge on any atom is 0.264 e. The zero-order valence-corrected chi connectivity index (χ0v) is 19.2. The van der Waals surface area contributed by atoms with E-state index in [1.54, 1.807) is 42.5 Å². The third-order valence-corrected chi connectivity index (χ3v) is 6.23. The molecule has 0 saturated carbocycles. The number of aliphatic hydroxyl groups is 1. The van der Waals surface area contributed by atoms with Gasteiger partial charge in [0.1, 0.15) is 0 Å². The van der Waals surface area contributed by atoms with E-state index in [0.717, 1.165) is 11.1 Å². The van der Waals surface area contributed by atoms with E-state index in [4.69, 9.17) is 11.6 Å². The molecule has 0 bridgehead atoms. The molecule has 0 spiro atoms. The molecule has 4 nitrogen and oxygen atoms in total. The van der Waals surface area contributed by atoms with Crippen LogP contribution in [0.25, 0.3) is 0 Å². The average Bonchev–Trinajstić information content (AvgIpc) is 2.97. The van der Waals surface area contributed by atoms with Crippen molar-refractivity contribution in [3.63, 3.8) is 0 Å². The second-order valence-corrected chi connectivity index (χ2v) is 9.76. The molecule has 0 aliphatic carbocycles. The first-order valence-electron chi connectivity index (χ1n) is 10.6. The van der Waals surface area contributed by atoms with Crippen LogP contribution in [0, 0.1) is 0 Å². The Kier molecular flexibility index (Phi) is 5.70. The van der Waals surface area contributed by atoms with Gasteiger partial charge in [-0.15, -0.1) is 0 Å². The zero-order valence-electron chi connectivity index (χ0n) is 18.4. The van der Waals surface area contributed by atoms with E-state index in [2.05, 4.69) is 20.8 Å². The molecule has 4 rings (SSSR count). The van der Waals surface area contributed by atoms with Crippen LogP contribution in [0.1, 0.15) is 54.2 Å². The molecule has 1 atom stereocenters. The first-order valence-corrected chi connectivity index (χ1v) is 11.0. The number of benzene rings is 3. The number of rotatable bonds is 5. The lowest BCUT2D eigenvalue weighted by atomic mass is 9.85. The fraction of sp³-hybridized carbons (Fsp3) is 0.259. The predicted molar refractivity (Wildman–Crippen MR) is 127 cm³/mol. The second-order valence-electron chi connectivity index (χ2n) is 9.32. The van der Waals surface area contributed by atoms with E-state index >= 15 is 0 Å². The summed E-state index contributed by atoms with van der Waals surface area (Å²) in [7, 11) is 0. The molecule has 0 aromatic heterocycles. The highest BCUT2D eigenvalue weighted by atomic mass is 35.5. The Labute approximate surface area is 193 Å². The van der Waals surface area contributed by atoms with Gasteiger partial charge in [0.05, 0.1) is 18.7 Å². The summed E-state index contributed by atoms with van der Waals surface area (Å²) in [6, 6.07) is 21.7. The van der Waals surface area contributed by atoms with Gasteiger partial charge in [-0.1, -0.05) is 87.0 Å². The Hall–Kier alpha value is -2.95. The van der Waals surface area contributed by atoms with Gasteiger partial charge in [-0.2, -0.15) is 0 Å². The van der Waals surface area contributed by atoms with Crippen LogP contribution in [0.2, 0.25) is 5.02 Å². The second kappa shape index (κ2) is 8.19. The van der Waals surface area contributed by atoms with Gasteiger partial charge in [-0.3, -0.25) is 9.59 Å². The lowest BCUT2D eigenvalue weighted by Gasteiger charge is -2.23. The Morgan fingerprint density at radius 3 is 2.22 bits per heavy atom. The van der Waals surface area contributed by atoms with Crippen molar-refractivity contribution in [1.82, 2.24) is 0 Å². The van der Waals surface area contributed by atoms with Crippen molar-refractivity contribution >= 4 is 29.0 Å². The first kappa shape index (κ1) is 22.3. The van der Waals surface area contributed by atoms with Gasteiger partial charge in [0.15, 0.2) is 11.4 Å². The number of ketones is 1. The first-order chi connectivity index (χ1) is 15.1. The lowest BCUT2D eigenvalue weighted by molar-refractivity contribution is -0.136. The molecule has 1 aliphatic rings. The Morgan fingerprint density at radius 1 is 0.969 bits per heavy atom. The molecular weight excluding hydrogens is 422 g/mol. The number of amides is 1. The van der Waals surface area contributed by atoms with Crippen molar-refractivity contribution in [2.45, 2.75) is 44.8 Å². The molecule has 0 saturated heterocycles. The molecule has 3 aromatic rings. The zero-order chi connectivity index (χ0) is 23.1. The van der Waals surface area contributed by atoms with Crippen molar-refractivity contribution in [1.29, 1.82) is 0 Å². The van der Waals surface area contributed by atoms with E-state index in [0.29, 0.717) is 21.8 Å². The van der Waals surface area contributed by atoms with Crippen LogP contribution in [-0.4, -0.2) is 16.8 Å². The van der Waals surface area contributed by atoms with Gasteiger partial charge < -0.3 is 10.0 Å². The third-order valence-electron chi connectivity index (χ3n) is 5.98. The molecule has 1 heterocycles. The molecule has 1 N–H and O–H groups in total. The Balaban J connectivity index is 1.62. The van der Waals surface area contributed by atoms with E-state index < -0.39 is 11.5 Å². The van der Waals surface area contributed by atoms with Gasteiger partial charge >= 0.3 is 0 Å². The highest BCUT2D eigenvalue weighted by Gasteiger charge is 2.50. The number of nitrogens with zero attached hydrogens (tertiary/aromatic N) is 1. The van der Waals surface area contributed by atoms with Crippen LogP contribution in [0.3, 0.4) is 0 Å². The monoisotopic (exact) mass is 447 g/mol. The SMILES string of the molecule is CC(C)(C)c1ccc(C(=O)C[C@]2(O)C(=O)N(Cc3ccc(Cl)cc3)c3ccccc32)cc1. The van der Waals surface area contributed by atoms with Crippen LogP contribution in [-0.2, 0) is 22.4 Å². The maximum atomic E-state index is 13.4. The molecule has 0 radical (unpaired) electrons. The standard InChI is InChI=1S/C27H26ClNO3/c1-26(2,3)20-12-10-19(11-13-20)24(30)16-27(32)22-6-4-5-7-23(22)29(25(27)31)17-18-8-14-21(28)15-9-18/h4-15,32H,16-17H2,1-3H3/t27-/m1/s1. The van der Waals surface area contributed by atoms with Crippen molar-refractivity contribution in [2.75, 3.05) is 4.90 Å². The summed E-state index contributed by atoms with van der Waals surface area (Å²) in [5.41, 5.74) is 1.62. The fourth-order valence-corrected chi connectivity index (χ4v) is 4.22. The summed E-state index contributed by atoms with van der Waals surface area (Å²) < 4.78 is 0. The molecule has 32 heavy (non-hydrogen) atoms. The molecule has 164 valence electrons. The number of halogens is 1. The van der Waals surface area contributed by atoms with Gasteiger partial charge in [-0.25, -0.2) is 0 Å². The Bertz CT molecular complexity index is 1160. The number of carbonyl (C=O) groups is 2. The molecule has 0 unspecified atom stereocenters. The molecular formula is C27H26ClNO3. The highest BCUT2D eigenvalue weighted by Crippen LogP contribution is 2.43. The van der Waals surface area contributed by atoms with Crippen LogP contribution in [0.5, 0.6) is 0 Å². The normalized spacial score (nSPS) is 18.0. The van der Waals surface area contributed by atoms with Crippen molar-refractivity contribution < 1.29 is 14.7 Å². The van der Waals surface area contributed by atoms with Gasteiger partial charge in [-0.05, 0) is 34.7 Å². The lowest BCUT2D eigenvalue weighted by Crippen LogP contribution is -2.41. The van der Waals surface area contributed by atoms with Crippen molar-refractivity contribution in [3.05, 3.63) is 100 Å². The van der Waals surface area contributed by atoms with Crippen LogP contribution in [0.15, 0.2) is 72.8 Å². The summed E-state index contributed by atoms with van der Waals surface area (Å²) in [5, 5.41) is 12.1. The number of anilines is 1. The molecule has 1 aliphatic heterocycles. The smallest absolute Gasteiger partial charge is 0.264 e. The van der Waals surface area contributed by atoms with E-state index in [1.165, 1.54) is 4.90 Å². The minimum atomic E-state index is -1.90. The maximum absolute atomic E-state index is 13.4. The van der Waals surface area contributed by atoms with E-state index in [9.17, 15) is 14.7 Å². The number of para-hydroxylation sites is 1. The van der Waals surface area contributed by atoms with Gasteiger partial charge in [0, 0.05) is 16.1 Å². The van der Waals surface area contributed by atoms with Crippen LogP contribution < -0.4 is 4.90 Å². The summed E-state index contributed by atoms with van der Waals surface area (Å²) in [5.74, 6) is -0.766. The number of hydrogen-bond donors (Lipinski definition) is 1. The van der Waals surface area contributed by atoms with Gasteiger partial charge in [0.25, 0.3) is 5.91 Å². The predicted octanol–water partition coefficient (Wildman–Crippen LogP) is 5.64. The van der Waals surface area contributed by atoms with Crippen LogP contribution in [0.4, 0.5) is 5.69 Å². The van der Waals surface area contributed by atoms with Gasteiger partial charge in [0.2, 0.25) is 0 Å². The quantitative estimate of drug-likeness (QED) is 0.514. The van der Waals surface area contributed by atoms with Crippen LogP contribution >= 0.6 is 11.6 Å². The minimum absolute atomic E-state index is 0.0255. The average molecular weight is 448 g/mol. The minimum Gasteiger partial charge on any atom is -0.375 e. The molecule has 5 heteroatoms.